The van der Waals surface area contributed by atoms with Crippen LogP contribution >= 0.6 is 0 Å². The van der Waals surface area contributed by atoms with Crippen molar-refractivity contribution < 1.29 is 203 Å². The van der Waals surface area contributed by atoms with Gasteiger partial charge in [0.05, 0.1) is 65.5 Å². The molecule has 101 heavy (non-hydrogen) atoms. The molecule has 0 bridgehead atoms. The lowest BCUT2D eigenvalue weighted by atomic mass is 9.93. The summed E-state index contributed by atoms with van der Waals surface area (Å²) in [6.07, 6.45) is -70.1. The first kappa shape index (κ1) is 84.7. The lowest BCUT2D eigenvalue weighted by Gasteiger charge is -2.51. The van der Waals surface area contributed by atoms with Gasteiger partial charge in [-0.25, -0.2) is 0 Å². The Labute approximate surface area is 572 Å². The summed E-state index contributed by atoms with van der Waals surface area (Å²) in [5.41, 5.74) is 0. The van der Waals surface area contributed by atoms with Crippen LogP contribution in [0.25, 0.3) is 0 Å². The number of aliphatic hydroxyl groups excluding tert-OH is 23. The second-order valence-electron chi connectivity index (χ2n) is 25.1. The first-order valence-corrected chi connectivity index (χ1v) is 32.0. The molecule has 7 fully saturated rings. The van der Waals surface area contributed by atoms with Crippen LogP contribution in [0.5, 0.6) is 0 Å². The summed E-state index contributed by atoms with van der Waals surface area (Å²) in [5.74, 6) is -3.49. The first-order chi connectivity index (χ1) is 47.8. The molecule has 586 valence electrons. The summed E-state index contributed by atoms with van der Waals surface area (Å²) in [6.45, 7) is -5.61. The molecular weight excluding hydrogens is 1380 g/mol. The third-order valence-electron chi connectivity index (χ3n) is 17.9. The van der Waals surface area contributed by atoms with E-state index < -0.39 is 322 Å². The van der Waals surface area contributed by atoms with Crippen LogP contribution in [0.2, 0.25) is 0 Å². The van der Waals surface area contributed by atoms with Gasteiger partial charge in [-0.1, -0.05) is 0 Å². The number of carbonyl (C=O) groups is 4. The summed E-state index contributed by atoms with van der Waals surface area (Å²) < 4.78 is 81.4. The second-order valence-corrected chi connectivity index (χ2v) is 25.1. The second kappa shape index (κ2) is 37.8. The molecule has 0 aromatic heterocycles. The fourth-order valence-electron chi connectivity index (χ4n) is 12.7. The molecule has 0 radical (unpaired) electrons. The fourth-order valence-corrected chi connectivity index (χ4v) is 12.7. The van der Waals surface area contributed by atoms with Gasteiger partial charge in [0, 0.05) is 27.7 Å². The van der Waals surface area contributed by atoms with Gasteiger partial charge in [0.2, 0.25) is 23.6 Å². The summed E-state index contributed by atoms with van der Waals surface area (Å²) in [5, 5.41) is 260. The Morgan fingerprint density at radius 2 is 0.604 bits per heavy atom. The van der Waals surface area contributed by atoms with Crippen molar-refractivity contribution in [2.45, 2.75) is 267 Å². The summed E-state index contributed by atoms with van der Waals surface area (Å²) in [7, 11) is 0. The third kappa shape index (κ3) is 19.4. The van der Waals surface area contributed by atoms with Crippen LogP contribution in [0.1, 0.15) is 27.7 Å². The van der Waals surface area contributed by atoms with E-state index in [0.29, 0.717) is 0 Å². The van der Waals surface area contributed by atoms with E-state index in [0.717, 1.165) is 27.7 Å². The molecule has 0 aromatic carbocycles. The van der Waals surface area contributed by atoms with E-state index in [4.69, 9.17) is 66.3 Å². The average Bonchev–Trinajstić information content (AvgIpc) is 0.773. The maximum absolute atomic E-state index is 12.8. The Morgan fingerprint density at radius 3 is 0.941 bits per heavy atom. The van der Waals surface area contributed by atoms with E-state index in [1.807, 2.05) is 0 Å². The maximum atomic E-state index is 12.8. The molecule has 0 aromatic rings. The highest BCUT2D eigenvalue weighted by Crippen LogP contribution is 2.39. The zero-order valence-electron chi connectivity index (χ0n) is 54.5. The smallest absolute Gasteiger partial charge is 0.217 e. The van der Waals surface area contributed by atoms with E-state index in [-0.39, 0.29) is 0 Å². The van der Waals surface area contributed by atoms with Gasteiger partial charge in [-0.2, -0.15) is 0 Å². The predicted octanol–water partition coefficient (Wildman–Crippen LogP) is -18.2. The van der Waals surface area contributed by atoms with E-state index in [9.17, 15) is 137 Å². The van der Waals surface area contributed by atoms with Gasteiger partial charge in [0.1, 0.15) is 189 Å². The van der Waals surface area contributed by atoms with Crippen LogP contribution in [0.4, 0.5) is 0 Å². The minimum Gasteiger partial charge on any atom is -0.394 e. The molecule has 27 N–H and O–H groups in total. The number of rotatable bonds is 30. The van der Waals surface area contributed by atoms with Crippen molar-refractivity contribution in [2.75, 3.05) is 59.5 Å². The van der Waals surface area contributed by atoms with Crippen LogP contribution in [0.3, 0.4) is 0 Å². The van der Waals surface area contributed by atoms with Gasteiger partial charge < -0.3 is 205 Å². The third-order valence-corrected chi connectivity index (χ3v) is 17.9. The first-order valence-electron chi connectivity index (χ1n) is 32.0. The minimum atomic E-state index is -2.33. The Kier molecular flexibility index (Phi) is 31.7. The van der Waals surface area contributed by atoms with Crippen molar-refractivity contribution in [2.24, 2.45) is 0 Å². The highest BCUT2D eigenvalue weighted by molar-refractivity contribution is 5.74. The van der Waals surface area contributed by atoms with Gasteiger partial charge in [-0.3, -0.25) is 19.2 Å². The number of aliphatic hydroxyl groups is 23. The molecule has 7 rings (SSSR count). The summed E-state index contributed by atoms with van der Waals surface area (Å²) in [4.78, 5) is 50.2. The van der Waals surface area contributed by atoms with E-state index in [2.05, 4.69) is 21.3 Å². The zero-order valence-corrected chi connectivity index (χ0v) is 54.5. The van der Waals surface area contributed by atoms with Crippen molar-refractivity contribution in [1.29, 1.82) is 0 Å². The SMILES string of the molecule is CC(=O)N[C@H]1[C@H](O[C@@H]2[C@H](O)[C@@H](O)[C@H](O[C@H]3[C@H](O)[C@@H](NC(C)=O)[C@H](O[C@H]4[C@@H](O)[C@@H](CO)O[C@@H](O[C@H]5[C@H](O)[C@@H](NC(C)=O)[C@H](O[C@H]6[C@@H](O)[C@@H](CO)O[C@@H](O[C@@H]([C@@H](O)[C@H](O)CO)[C@H](CO)NC(C)=O)[C@@H]6O)O[C@@H]5CO)[C@@H]4O)O[C@@H]3CO)O[C@@H]2CO)O[C@H](CO)[C@@H](O[C@@H]2O[C@H](CO)[C@H](O)[C@H](O)[C@H]2O)[C@@H]1O. The van der Waals surface area contributed by atoms with Crippen LogP contribution in [0.15, 0.2) is 0 Å². The van der Waals surface area contributed by atoms with Gasteiger partial charge >= 0.3 is 0 Å². The zero-order chi connectivity index (χ0) is 74.9. The van der Waals surface area contributed by atoms with Crippen LogP contribution < -0.4 is 21.3 Å². The molecule has 0 spiro atoms. The van der Waals surface area contributed by atoms with E-state index in [1.54, 1.807) is 0 Å². The van der Waals surface area contributed by atoms with Crippen molar-refractivity contribution >= 4 is 23.6 Å². The van der Waals surface area contributed by atoms with Crippen LogP contribution in [0, 0.1) is 0 Å². The van der Waals surface area contributed by atoms with Crippen LogP contribution in [-0.2, 0) is 85.5 Å². The number of hydrogen-bond donors (Lipinski definition) is 27. The lowest BCUT2D eigenvalue weighted by molar-refractivity contribution is -0.387. The fraction of sp³-hybridized carbons (Fsp3) is 0.929. The molecule has 45 nitrogen and oxygen atoms in total. The predicted molar refractivity (Wildman–Crippen MR) is 313 cm³/mol. The molecule has 0 saturated carbocycles. The largest absolute Gasteiger partial charge is 0.394 e. The molecule has 45 heteroatoms. The molecule has 0 unspecified atom stereocenters. The quantitative estimate of drug-likeness (QED) is 0.0318. The summed E-state index contributed by atoms with van der Waals surface area (Å²) in [6, 6.07) is -7.13. The monoisotopic (exact) mass is 1480 g/mol. The van der Waals surface area contributed by atoms with Gasteiger partial charge in [0.15, 0.2) is 44.0 Å². The molecule has 0 aliphatic carbocycles. The van der Waals surface area contributed by atoms with Crippen molar-refractivity contribution in [1.82, 2.24) is 21.3 Å². The number of carbonyl (C=O) groups excluding carboxylic acids is 4. The molecule has 4 amide bonds. The number of amides is 4. The standard InChI is InChI=1S/C56H96N4O41/c1-14(70)57-18(5-61)43(30(75)19(74)6-62)95-55-41(86)48(32(77)21(8-64)89-55)100-52-29(60-17(4)73)36(81)46(25(12-68)93-52)99-56-42(87)49(33(78)22(9-65)90-56)101-51-28(59-16(3)72)35(80)45(24(11-67)92-51)98-54-40(85)38(83)47(26(13-69)94-54)96-50-27(58-15(2)71)34(79)44(23(10-66)91-50)97-53-39(84)37(82)31(76)20(7-63)88-53/h18-56,61-69,74-87H,5-13H2,1-4H3,(H,57,70)(H,58,71)(H,59,72)(H,60,73)/t18-,19+,20+,21+,22+,23+,24+,25+,26+,27+,28+,29+,30-,31-,32-,33-,34+,35+,36+,37-,38+,39+,40+,41+,42+,43+,44+,45+,46+,47-,48-,49-,50-,51-,52-,53-,54-,55-,56-/m0/s1. The normalized spacial score (nSPS) is 45.0. The van der Waals surface area contributed by atoms with Gasteiger partial charge in [-0.15, -0.1) is 0 Å². The molecule has 7 aliphatic rings. The van der Waals surface area contributed by atoms with E-state index >= 15 is 0 Å². The highest BCUT2D eigenvalue weighted by Gasteiger charge is 2.60. The summed E-state index contributed by atoms with van der Waals surface area (Å²) >= 11 is 0. The maximum Gasteiger partial charge on any atom is 0.217 e. The molecule has 7 heterocycles. The Hall–Kier alpha value is -3.60. The van der Waals surface area contributed by atoms with Crippen LogP contribution in [-0.4, -0.2) is 440 Å². The number of ether oxygens (including phenoxy) is 14. The molecular formula is C56H96N4O41. The Bertz CT molecular complexity index is 2580. The highest BCUT2D eigenvalue weighted by atomic mass is 16.8. The minimum absolute atomic E-state index is 0.790. The number of hydrogen-bond acceptors (Lipinski definition) is 41. The Balaban J connectivity index is 1.06. The lowest BCUT2D eigenvalue weighted by Crippen LogP contribution is -2.71. The Morgan fingerprint density at radius 1 is 0.317 bits per heavy atom. The van der Waals surface area contributed by atoms with Gasteiger partial charge in [-0.05, 0) is 0 Å². The molecule has 39 atom stereocenters. The van der Waals surface area contributed by atoms with Crippen molar-refractivity contribution in [3.63, 3.8) is 0 Å². The molecule has 7 aliphatic heterocycles. The van der Waals surface area contributed by atoms with Crippen molar-refractivity contribution in [3.05, 3.63) is 0 Å². The van der Waals surface area contributed by atoms with E-state index in [1.165, 1.54) is 0 Å². The number of nitrogens with one attached hydrogen (secondary N) is 4. The topological polar surface area (TPSA) is 711 Å². The average molecular weight is 1480 g/mol. The van der Waals surface area contributed by atoms with Gasteiger partial charge in [0.25, 0.3) is 0 Å². The van der Waals surface area contributed by atoms with Crippen molar-refractivity contribution in [3.8, 4) is 0 Å². The molecule has 7 saturated heterocycles.